The predicted octanol–water partition coefficient (Wildman–Crippen LogP) is 1.30. The first-order valence-electron chi connectivity index (χ1n) is 6.83. The number of piperidine rings is 2. The van der Waals surface area contributed by atoms with Crippen LogP contribution >= 0.6 is 0 Å². The van der Waals surface area contributed by atoms with Gasteiger partial charge in [-0.05, 0) is 36.9 Å². The molecule has 2 aliphatic rings. The van der Waals surface area contributed by atoms with E-state index in [0.717, 1.165) is 31.7 Å². The van der Waals surface area contributed by atoms with Crippen LogP contribution in [0.2, 0.25) is 0 Å². The third kappa shape index (κ3) is 2.56. The molecule has 18 heavy (non-hydrogen) atoms. The van der Waals surface area contributed by atoms with E-state index in [-0.39, 0.29) is 5.91 Å². The van der Waals surface area contributed by atoms with Gasteiger partial charge in [-0.25, -0.2) is 0 Å². The molecule has 2 bridgehead atoms. The van der Waals surface area contributed by atoms with Crippen LogP contribution in [0.25, 0.3) is 0 Å². The van der Waals surface area contributed by atoms with E-state index in [2.05, 4.69) is 10.2 Å². The summed E-state index contributed by atoms with van der Waals surface area (Å²) in [5, 5.41) is 3.46. The molecular formula is C15H20N2O. The van der Waals surface area contributed by atoms with E-state index in [1.54, 1.807) is 0 Å². The van der Waals surface area contributed by atoms with Crippen molar-refractivity contribution in [1.82, 2.24) is 10.2 Å². The fourth-order valence-electron chi connectivity index (χ4n) is 3.19. The molecule has 0 saturated carbocycles. The summed E-state index contributed by atoms with van der Waals surface area (Å²) in [7, 11) is 0. The van der Waals surface area contributed by atoms with Crippen LogP contribution in [0.15, 0.2) is 30.3 Å². The Morgan fingerprint density at radius 3 is 2.50 bits per heavy atom. The number of rotatable bonds is 2. The van der Waals surface area contributed by atoms with Gasteiger partial charge in [-0.3, -0.25) is 4.79 Å². The third-order valence-electron chi connectivity index (χ3n) is 4.04. The lowest BCUT2D eigenvalue weighted by Crippen LogP contribution is -2.53. The molecule has 0 spiro atoms. The van der Waals surface area contributed by atoms with Crippen molar-refractivity contribution < 1.29 is 4.79 Å². The molecular weight excluding hydrogens is 224 g/mol. The average Bonchev–Trinajstić information content (AvgIpc) is 2.39. The second-order valence-corrected chi connectivity index (χ2v) is 5.59. The van der Waals surface area contributed by atoms with Gasteiger partial charge in [0.25, 0.3) is 0 Å². The molecule has 96 valence electrons. The van der Waals surface area contributed by atoms with Gasteiger partial charge >= 0.3 is 0 Å². The number of carbonyl (C=O) groups excluding carboxylic acids is 1. The number of benzene rings is 1. The number of hydrogen-bond donors (Lipinski definition) is 1. The largest absolute Gasteiger partial charge is 0.342 e. The van der Waals surface area contributed by atoms with Crippen LogP contribution in [-0.2, 0) is 11.2 Å². The Morgan fingerprint density at radius 2 is 1.83 bits per heavy atom. The molecule has 0 aliphatic carbocycles. The van der Waals surface area contributed by atoms with E-state index >= 15 is 0 Å². The monoisotopic (exact) mass is 244 g/mol. The van der Waals surface area contributed by atoms with Crippen LogP contribution in [0, 0.1) is 11.8 Å². The maximum atomic E-state index is 12.3. The van der Waals surface area contributed by atoms with Crippen molar-refractivity contribution in [2.24, 2.45) is 11.8 Å². The first-order chi connectivity index (χ1) is 8.81. The second kappa shape index (κ2) is 5.11. The van der Waals surface area contributed by atoms with Crippen molar-refractivity contribution in [3.8, 4) is 0 Å². The minimum atomic E-state index is 0.290. The highest BCUT2D eigenvalue weighted by atomic mass is 16.2. The Hall–Kier alpha value is -1.35. The summed E-state index contributed by atoms with van der Waals surface area (Å²) < 4.78 is 0. The van der Waals surface area contributed by atoms with Crippen LogP contribution < -0.4 is 5.32 Å². The van der Waals surface area contributed by atoms with Crippen LogP contribution in [0.5, 0.6) is 0 Å². The number of carbonyl (C=O) groups is 1. The maximum Gasteiger partial charge on any atom is 0.227 e. The molecule has 1 amide bonds. The zero-order valence-corrected chi connectivity index (χ0v) is 10.6. The fraction of sp³-hybridized carbons (Fsp3) is 0.533. The van der Waals surface area contributed by atoms with Gasteiger partial charge in [0, 0.05) is 13.1 Å². The summed E-state index contributed by atoms with van der Waals surface area (Å²) in [4.78, 5) is 14.4. The molecule has 2 heterocycles. The van der Waals surface area contributed by atoms with Crippen LogP contribution in [-0.4, -0.2) is 37.0 Å². The van der Waals surface area contributed by atoms with Gasteiger partial charge in [-0.1, -0.05) is 30.3 Å². The average molecular weight is 244 g/mol. The summed E-state index contributed by atoms with van der Waals surface area (Å²) in [5.74, 6) is 1.62. The second-order valence-electron chi connectivity index (χ2n) is 5.59. The number of nitrogens with zero attached hydrogens (tertiary/aromatic N) is 1. The van der Waals surface area contributed by atoms with E-state index in [1.807, 2.05) is 30.3 Å². The molecule has 1 aromatic carbocycles. The van der Waals surface area contributed by atoms with Crippen molar-refractivity contribution in [2.45, 2.75) is 12.8 Å². The number of nitrogens with one attached hydrogen (secondary N) is 1. The number of hydrogen-bond acceptors (Lipinski definition) is 2. The molecule has 3 rings (SSSR count). The summed E-state index contributed by atoms with van der Waals surface area (Å²) in [6, 6.07) is 10.0. The van der Waals surface area contributed by atoms with E-state index in [0.29, 0.717) is 18.3 Å². The molecule has 0 aromatic heterocycles. The van der Waals surface area contributed by atoms with E-state index in [4.69, 9.17) is 0 Å². The van der Waals surface area contributed by atoms with Gasteiger partial charge in [-0.2, -0.15) is 0 Å². The molecule has 3 heteroatoms. The van der Waals surface area contributed by atoms with E-state index < -0.39 is 0 Å². The first-order valence-corrected chi connectivity index (χ1v) is 6.83. The smallest absolute Gasteiger partial charge is 0.227 e. The molecule has 3 nitrogen and oxygen atoms in total. The molecule has 2 atom stereocenters. The molecule has 1 aromatic rings. The van der Waals surface area contributed by atoms with Crippen molar-refractivity contribution >= 4 is 5.91 Å². The highest BCUT2D eigenvalue weighted by molar-refractivity contribution is 5.78. The van der Waals surface area contributed by atoms with Crippen molar-refractivity contribution in [2.75, 3.05) is 26.2 Å². The Balaban J connectivity index is 1.63. The summed E-state index contributed by atoms with van der Waals surface area (Å²) >= 11 is 0. The molecule has 2 saturated heterocycles. The Bertz CT molecular complexity index is 406. The quantitative estimate of drug-likeness (QED) is 0.850. The third-order valence-corrected chi connectivity index (χ3v) is 4.04. The zero-order valence-electron chi connectivity index (χ0n) is 10.6. The molecule has 1 N–H and O–H groups in total. The number of likely N-dealkylation sites (tertiary alicyclic amines) is 1. The molecule has 0 radical (unpaired) electrons. The number of fused-ring (bicyclic) bond motifs is 2. The van der Waals surface area contributed by atoms with Crippen LogP contribution in [0.4, 0.5) is 0 Å². The SMILES string of the molecule is O=C(Cc1ccccc1)N1CC2CNCC(C2)C1. The standard InChI is InChI=1S/C15H20N2O/c18-15(7-12-4-2-1-3-5-12)17-10-13-6-14(11-17)9-16-8-13/h1-5,13-14,16H,6-11H2. The van der Waals surface area contributed by atoms with Gasteiger partial charge in [0.1, 0.15) is 0 Å². The van der Waals surface area contributed by atoms with E-state index in [9.17, 15) is 4.79 Å². The topological polar surface area (TPSA) is 32.3 Å². The van der Waals surface area contributed by atoms with Crippen molar-refractivity contribution in [3.63, 3.8) is 0 Å². The lowest BCUT2D eigenvalue weighted by molar-refractivity contribution is -0.133. The number of amides is 1. The molecule has 2 unspecified atom stereocenters. The highest BCUT2D eigenvalue weighted by Crippen LogP contribution is 2.24. The zero-order chi connectivity index (χ0) is 12.4. The van der Waals surface area contributed by atoms with Crippen LogP contribution in [0.3, 0.4) is 0 Å². The van der Waals surface area contributed by atoms with Crippen LogP contribution in [0.1, 0.15) is 12.0 Å². The lowest BCUT2D eigenvalue weighted by Gasteiger charge is -2.41. The Labute approximate surface area is 108 Å². The lowest BCUT2D eigenvalue weighted by atomic mass is 9.85. The van der Waals surface area contributed by atoms with Gasteiger partial charge in [0.05, 0.1) is 6.42 Å². The molecule has 2 fully saturated rings. The maximum absolute atomic E-state index is 12.3. The van der Waals surface area contributed by atoms with Gasteiger partial charge in [0.2, 0.25) is 5.91 Å². The minimum absolute atomic E-state index is 0.290. The normalized spacial score (nSPS) is 27.0. The van der Waals surface area contributed by atoms with Gasteiger partial charge < -0.3 is 10.2 Å². The fourth-order valence-corrected chi connectivity index (χ4v) is 3.19. The summed E-state index contributed by atoms with van der Waals surface area (Å²) in [6.07, 6.45) is 1.84. The van der Waals surface area contributed by atoms with E-state index in [1.165, 1.54) is 6.42 Å². The minimum Gasteiger partial charge on any atom is -0.342 e. The van der Waals surface area contributed by atoms with Gasteiger partial charge in [-0.15, -0.1) is 0 Å². The van der Waals surface area contributed by atoms with Crippen molar-refractivity contribution in [3.05, 3.63) is 35.9 Å². The van der Waals surface area contributed by atoms with Crippen molar-refractivity contribution in [1.29, 1.82) is 0 Å². The van der Waals surface area contributed by atoms with Gasteiger partial charge in [0.15, 0.2) is 0 Å². The highest BCUT2D eigenvalue weighted by Gasteiger charge is 2.32. The Morgan fingerprint density at radius 1 is 1.17 bits per heavy atom. The predicted molar refractivity (Wildman–Crippen MR) is 71.2 cm³/mol. The first kappa shape index (κ1) is 11.7. The Kier molecular flexibility index (Phi) is 3.33. The summed E-state index contributed by atoms with van der Waals surface area (Å²) in [6.45, 7) is 4.03. The molecule has 2 aliphatic heterocycles. The summed E-state index contributed by atoms with van der Waals surface area (Å²) in [5.41, 5.74) is 1.12.